The molecule has 33 heavy (non-hydrogen) atoms. The first-order chi connectivity index (χ1) is 16.0. The van der Waals surface area contributed by atoms with Crippen LogP contribution in [0.1, 0.15) is 40.9 Å². The highest BCUT2D eigenvalue weighted by Crippen LogP contribution is 2.26. The molecule has 0 aliphatic rings. The molecule has 7 nitrogen and oxygen atoms in total. The summed E-state index contributed by atoms with van der Waals surface area (Å²) in [7, 11) is 0. The fraction of sp³-hybridized carbons (Fsp3) is 0.200. The van der Waals surface area contributed by atoms with Crippen LogP contribution in [0.2, 0.25) is 0 Å². The predicted octanol–water partition coefficient (Wildman–Crippen LogP) is 4.64. The molecule has 0 aliphatic heterocycles. The minimum Gasteiger partial charge on any atom is -0.383 e. The number of aryl methyl sites for hydroxylation is 2. The van der Waals surface area contributed by atoms with E-state index in [1.54, 1.807) is 24.3 Å². The first kappa shape index (κ1) is 23.8. The minimum absolute atomic E-state index is 0.00469. The lowest BCUT2D eigenvalue weighted by Crippen LogP contribution is -2.18. The number of para-hydroxylation sites is 2. The number of rotatable bonds is 8. The van der Waals surface area contributed by atoms with Crippen LogP contribution in [0.3, 0.4) is 0 Å². The fourth-order valence-electron chi connectivity index (χ4n) is 3.31. The maximum absolute atomic E-state index is 12.6. The highest BCUT2D eigenvalue weighted by Gasteiger charge is 2.18. The van der Waals surface area contributed by atoms with Crippen molar-refractivity contribution in [1.82, 2.24) is 4.98 Å². The summed E-state index contributed by atoms with van der Waals surface area (Å²) in [5.41, 5.74) is 9.89. The zero-order valence-electron chi connectivity index (χ0n) is 18.5. The molecule has 0 saturated carbocycles. The number of nitrogens with one attached hydrogen (secondary N) is 2. The van der Waals surface area contributed by atoms with Crippen molar-refractivity contribution in [3.63, 3.8) is 0 Å². The molecule has 2 aromatic carbocycles. The third-order valence-corrected chi connectivity index (χ3v) is 6.01. The van der Waals surface area contributed by atoms with Crippen LogP contribution in [-0.2, 0) is 17.6 Å². The predicted molar refractivity (Wildman–Crippen MR) is 132 cm³/mol. The Morgan fingerprint density at radius 1 is 1.03 bits per heavy atom. The standard InChI is InChI=1S/C25H25N5O2S/c1-3-16-9-8-10-17(4-2)22(16)29-21(31)15-33-25-18(14-26)13-20(23(27)30-25)24(32)28-19-11-6-5-7-12-19/h5-13H,3-4,15H2,1-2H3,(H2,27,30)(H,28,32)(H,29,31). The third kappa shape index (κ3) is 5.90. The van der Waals surface area contributed by atoms with Crippen LogP contribution in [-0.4, -0.2) is 22.6 Å². The average Bonchev–Trinajstić information content (AvgIpc) is 2.83. The number of nitrogens with zero attached hydrogens (tertiary/aromatic N) is 2. The number of nitrogens with two attached hydrogens (primary N) is 1. The molecule has 1 aromatic heterocycles. The van der Waals surface area contributed by atoms with Crippen molar-refractivity contribution in [2.75, 3.05) is 22.1 Å². The number of amides is 2. The molecule has 0 unspecified atom stereocenters. The van der Waals surface area contributed by atoms with Gasteiger partial charge in [-0.15, -0.1) is 0 Å². The van der Waals surface area contributed by atoms with Crippen LogP contribution in [0.5, 0.6) is 0 Å². The highest BCUT2D eigenvalue weighted by molar-refractivity contribution is 8.00. The molecular formula is C25H25N5O2S. The summed E-state index contributed by atoms with van der Waals surface area (Å²) in [6, 6.07) is 18.4. The Labute approximate surface area is 197 Å². The molecule has 0 bridgehead atoms. The quantitative estimate of drug-likeness (QED) is 0.422. The summed E-state index contributed by atoms with van der Waals surface area (Å²) in [6.07, 6.45) is 1.61. The van der Waals surface area contributed by atoms with Crippen LogP contribution >= 0.6 is 11.8 Å². The topological polar surface area (TPSA) is 121 Å². The number of anilines is 3. The molecule has 0 atom stereocenters. The number of carbonyl (C=O) groups is 2. The number of hydrogen-bond donors (Lipinski definition) is 3. The maximum atomic E-state index is 12.6. The Balaban J connectivity index is 1.73. The number of pyridine rings is 1. The molecule has 4 N–H and O–H groups in total. The number of aromatic nitrogens is 1. The number of thioether (sulfide) groups is 1. The fourth-order valence-corrected chi connectivity index (χ4v) is 4.08. The van der Waals surface area contributed by atoms with Gasteiger partial charge in [0.05, 0.1) is 16.9 Å². The number of benzene rings is 2. The molecule has 0 saturated heterocycles. The number of nitrogen functional groups attached to an aromatic ring is 1. The van der Waals surface area contributed by atoms with Crippen LogP contribution < -0.4 is 16.4 Å². The monoisotopic (exact) mass is 459 g/mol. The minimum atomic E-state index is -0.458. The van der Waals surface area contributed by atoms with Crippen LogP contribution in [0.25, 0.3) is 0 Å². The summed E-state index contributed by atoms with van der Waals surface area (Å²) in [4.78, 5) is 29.5. The lowest BCUT2D eigenvalue weighted by atomic mass is 10.0. The molecule has 8 heteroatoms. The summed E-state index contributed by atoms with van der Waals surface area (Å²) in [5.74, 6) is -0.612. The summed E-state index contributed by atoms with van der Waals surface area (Å²) >= 11 is 1.11. The van der Waals surface area contributed by atoms with Crippen LogP contribution in [0.15, 0.2) is 59.6 Å². The van der Waals surface area contributed by atoms with Crippen molar-refractivity contribution < 1.29 is 9.59 Å². The van der Waals surface area contributed by atoms with Crippen molar-refractivity contribution in [2.24, 2.45) is 0 Å². The first-order valence-corrected chi connectivity index (χ1v) is 11.6. The lowest BCUT2D eigenvalue weighted by Gasteiger charge is -2.14. The van der Waals surface area contributed by atoms with E-state index in [-0.39, 0.29) is 28.6 Å². The Morgan fingerprint density at radius 2 is 1.70 bits per heavy atom. The summed E-state index contributed by atoms with van der Waals surface area (Å²) in [6.45, 7) is 4.08. The van der Waals surface area contributed by atoms with Gasteiger partial charge in [0, 0.05) is 11.4 Å². The molecule has 0 fully saturated rings. The second-order valence-electron chi connectivity index (χ2n) is 7.20. The van der Waals surface area contributed by atoms with Gasteiger partial charge in [0.15, 0.2) is 0 Å². The number of nitriles is 1. The van der Waals surface area contributed by atoms with Gasteiger partial charge in [-0.2, -0.15) is 5.26 Å². The van der Waals surface area contributed by atoms with E-state index in [1.165, 1.54) is 6.07 Å². The Hall–Kier alpha value is -3.83. The average molecular weight is 460 g/mol. The third-order valence-electron chi connectivity index (χ3n) is 5.02. The van der Waals surface area contributed by atoms with E-state index in [9.17, 15) is 14.9 Å². The van der Waals surface area contributed by atoms with E-state index in [1.807, 2.05) is 44.2 Å². The second-order valence-corrected chi connectivity index (χ2v) is 8.17. The van der Waals surface area contributed by atoms with Crippen molar-refractivity contribution in [2.45, 2.75) is 31.7 Å². The van der Waals surface area contributed by atoms with E-state index in [2.05, 4.69) is 15.6 Å². The zero-order valence-corrected chi connectivity index (χ0v) is 19.3. The van der Waals surface area contributed by atoms with Gasteiger partial charge in [-0.25, -0.2) is 4.98 Å². The number of carbonyl (C=O) groups excluding carboxylic acids is 2. The van der Waals surface area contributed by atoms with Crippen molar-refractivity contribution in [3.8, 4) is 6.07 Å². The smallest absolute Gasteiger partial charge is 0.259 e. The SMILES string of the molecule is CCc1cccc(CC)c1NC(=O)CSc1nc(N)c(C(=O)Nc2ccccc2)cc1C#N. The largest absolute Gasteiger partial charge is 0.383 e. The molecular weight excluding hydrogens is 434 g/mol. The van der Waals surface area contributed by atoms with Gasteiger partial charge >= 0.3 is 0 Å². The van der Waals surface area contributed by atoms with Crippen molar-refractivity contribution in [1.29, 1.82) is 5.26 Å². The molecule has 1 heterocycles. The number of hydrogen-bond acceptors (Lipinski definition) is 6. The maximum Gasteiger partial charge on any atom is 0.259 e. The Kier molecular flexibility index (Phi) is 8.06. The second kappa shape index (κ2) is 11.2. The van der Waals surface area contributed by atoms with Gasteiger partial charge < -0.3 is 16.4 Å². The van der Waals surface area contributed by atoms with Gasteiger partial charge in [-0.3, -0.25) is 9.59 Å². The summed E-state index contributed by atoms with van der Waals surface area (Å²) < 4.78 is 0. The van der Waals surface area contributed by atoms with E-state index in [0.29, 0.717) is 10.7 Å². The molecule has 0 radical (unpaired) electrons. The first-order valence-electron chi connectivity index (χ1n) is 10.6. The van der Waals surface area contributed by atoms with Gasteiger partial charge in [0.1, 0.15) is 16.9 Å². The van der Waals surface area contributed by atoms with E-state index >= 15 is 0 Å². The molecule has 168 valence electrons. The van der Waals surface area contributed by atoms with Crippen LogP contribution in [0.4, 0.5) is 17.2 Å². The van der Waals surface area contributed by atoms with Crippen molar-refractivity contribution >= 4 is 40.8 Å². The van der Waals surface area contributed by atoms with Crippen molar-refractivity contribution in [3.05, 3.63) is 76.9 Å². The zero-order chi connectivity index (χ0) is 23.8. The van der Waals surface area contributed by atoms with Crippen LogP contribution in [0, 0.1) is 11.3 Å². The molecule has 2 amide bonds. The Bertz CT molecular complexity index is 1180. The Morgan fingerprint density at radius 3 is 2.30 bits per heavy atom. The van der Waals surface area contributed by atoms with E-state index in [4.69, 9.17) is 5.73 Å². The lowest BCUT2D eigenvalue weighted by molar-refractivity contribution is -0.113. The van der Waals surface area contributed by atoms with E-state index < -0.39 is 5.91 Å². The normalized spacial score (nSPS) is 10.3. The van der Waals surface area contributed by atoms with Gasteiger partial charge in [-0.1, -0.05) is 62.0 Å². The van der Waals surface area contributed by atoms with E-state index in [0.717, 1.165) is 41.4 Å². The molecule has 0 spiro atoms. The molecule has 3 rings (SSSR count). The van der Waals surface area contributed by atoms with Gasteiger partial charge in [0.25, 0.3) is 5.91 Å². The van der Waals surface area contributed by atoms with Gasteiger partial charge in [0.2, 0.25) is 5.91 Å². The highest BCUT2D eigenvalue weighted by atomic mass is 32.2. The van der Waals surface area contributed by atoms with Gasteiger partial charge in [-0.05, 0) is 42.2 Å². The molecule has 0 aliphatic carbocycles. The summed E-state index contributed by atoms with van der Waals surface area (Å²) in [5, 5.41) is 15.6. The molecule has 3 aromatic rings.